The van der Waals surface area contributed by atoms with Gasteiger partial charge >= 0.3 is 0 Å². The van der Waals surface area contributed by atoms with Crippen LogP contribution in [0.2, 0.25) is 0 Å². The molecule has 0 radical (unpaired) electrons. The summed E-state index contributed by atoms with van der Waals surface area (Å²) in [6, 6.07) is 15.8. The largest absolute Gasteiger partial charge is 0.480 e. The number of hydrogen-bond donors (Lipinski definition) is 0. The monoisotopic (exact) mass is 375 g/mol. The molecule has 0 spiro atoms. The molecule has 2 aliphatic rings. The molecule has 1 aliphatic carbocycles. The zero-order valence-electron chi connectivity index (χ0n) is 15.6. The van der Waals surface area contributed by atoms with Crippen molar-refractivity contribution in [2.24, 2.45) is 11.8 Å². The van der Waals surface area contributed by atoms with Crippen LogP contribution in [0.15, 0.2) is 66.7 Å². The molecule has 3 atom stereocenters. The molecule has 1 heterocycles. The average Bonchev–Trinajstić information content (AvgIpc) is 2.99. The summed E-state index contributed by atoms with van der Waals surface area (Å²) in [4.78, 5) is 39.7. The van der Waals surface area contributed by atoms with Gasteiger partial charge in [0.25, 0.3) is 0 Å². The Hall–Kier alpha value is -3.21. The van der Waals surface area contributed by atoms with Crippen LogP contribution in [0.5, 0.6) is 5.75 Å². The second-order valence-electron chi connectivity index (χ2n) is 7.13. The van der Waals surface area contributed by atoms with Gasteiger partial charge in [0.2, 0.25) is 17.6 Å². The smallest absolute Gasteiger partial charge is 0.238 e. The highest BCUT2D eigenvalue weighted by molar-refractivity contribution is 6.22. The normalized spacial score (nSPS) is 22.1. The van der Waals surface area contributed by atoms with Crippen molar-refractivity contribution in [3.63, 3.8) is 0 Å². The van der Waals surface area contributed by atoms with Crippen LogP contribution in [-0.4, -0.2) is 23.7 Å². The van der Waals surface area contributed by atoms with Crippen LogP contribution in [0.3, 0.4) is 0 Å². The number of nitrogens with zero attached hydrogens (tertiary/aromatic N) is 1. The number of hydrogen-bond acceptors (Lipinski definition) is 4. The van der Waals surface area contributed by atoms with Crippen LogP contribution in [0.1, 0.15) is 30.1 Å². The molecule has 142 valence electrons. The van der Waals surface area contributed by atoms with Crippen LogP contribution in [0, 0.1) is 11.8 Å². The Bertz CT molecular complexity index is 924. The van der Waals surface area contributed by atoms with E-state index < -0.39 is 6.10 Å². The lowest BCUT2D eigenvalue weighted by Gasteiger charge is -2.21. The van der Waals surface area contributed by atoms with Gasteiger partial charge in [-0.1, -0.05) is 54.6 Å². The minimum Gasteiger partial charge on any atom is -0.480 e. The van der Waals surface area contributed by atoms with Crippen LogP contribution >= 0.6 is 0 Å². The Balaban J connectivity index is 1.60. The summed E-state index contributed by atoms with van der Waals surface area (Å²) in [5.74, 6) is -0.822. The van der Waals surface area contributed by atoms with Crippen LogP contribution in [0.25, 0.3) is 0 Å². The molecule has 0 bridgehead atoms. The molecular formula is C23H21NO4. The molecule has 28 heavy (non-hydrogen) atoms. The minimum atomic E-state index is -0.750. The number of imide groups is 1. The van der Waals surface area contributed by atoms with Gasteiger partial charge in [-0.15, -0.1) is 0 Å². The van der Waals surface area contributed by atoms with E-state index in [1.54, 1.807) is 55.5 Å². The Kier molecular flexibility index (Phi) is 4.82. The third-order valence-corrected chi connectivity index (χ3v) is 5.35. The number of carbonyl (C=O) groups is 3. The van der Waals surface area contributed by atoms with Gasteiger partial charge in [-0.05, 0) is 31.9 Å². The Morgan fingerprint density at radius 1 is 0.929 bits per heavy atom. The fourth-order valence-electron chi connectivity index (χ4n) is 3.86. The van der Waals surface area contributed by atoms with Gasteiger partial charge in [0.05, 0.1) is 17.5 Å². The lowest BCUT2D eigenvalue weighted by Crippen LogP contribution is -2.32. The van der Waals surface area contributed by atoms with E-state index in [-0.39, 0.29) is 29.4 Å². The SMILES string of the molecule is C[C@H](Oc1ccccc1N1C(=O)[C@H]2CC=CC[C@H]2C1=O)C(=O)c1ccccc1. The van der Waals surface area contributed by atoms with Crippen molar-refractivity contribution >= 4 is 23.3 Å². The summed E-state index contributed by atoms with van der Waals surface area (Å²) in [7, 11) is 0. The molecule has 2 aromatic rings. The molecular weight excluding hydrogens is 354 g/mol. The number of anilines is 1. The molecule has 1 saturated heterocycles. The lowest BCUT2D eigenvalue weighted by atomic mass is 9.85. The van der Waals surface area contributed by atoms with E-state index in [1.165, 1.54) is 4.90 Å². The van der Waals surface area contributed by atoms with E-state index in [9.17, 15) is 14.4 Å². The van der Waals surface area contributed by atoms with Crippen LogP contribution in [-0.2, 0) is 9.59 Å². The maximum atomic E-state index is 12.9. The van der Waals surface area contributed by atoms with Crippen molar-refractivity contribution in [3.05, 3.63) is 72.3 Å². The predicted octanol–water partition coefficient (Wildman–Crippen LogP) is 3.79. The van der Waals surface area contributed by atoms with E-state index in [4.69, 9.17) is 4.74 Å². The zero-order chi connectivity index (χ0) is 19.7. The Morgan fingerprint density at radius 3 is 2.14 bits per heavy atom. The number of Topliss-reactive ketones (excluding diaryl/α,β-unsaturated/α-hetero) is 1. The van der Waals surface area contributed by atoms with Gasteiger partial charge in [-0.2, -0.15) is 0 Å². The van der Waals surface area contributed by atoms with Gasteiger partial charge in [0.1, 0.15) is 5.75 Å². The van der Waals surface area contributed by atoms with E-state index in [1.807, 2.05) is 18.2 Å². The average molecular weight is 375 g/mol. The number of benzene rings is 2. The molecule has 1 fully saturated rings. The van der Waals surface area contributed by atoms with Crippen LogP contribution < -0.4 is 9.64 Å². The molecule has 0 unspecified atom stereocenters. The first kappa shape index (κ1) is 18.2. The second-order valence-corrected chi connectivity index (χ2v) is 7.13. The Morgan fingerprint density at radius 2 is 1.50 bits per heavy atom. The van der Waals surface area contributed by atoms with Crippen molar-refractivity contribution < 1.29 is 19.1 Å². The summed E-state index contributed by atoms with van der Waals surface area (Å²) < 4.78 is 5.91. The van der Waals surface area contributed by atoms with Gasteiger partial charge in [-0.25, -0.2) is 4.90 Å². The number of para-hydroxylation sites is 2. The standard InChI is InChI=1S/C23H21NO4/c1-15(21(25)16-9-3-2-4-10-16)28-20-14-8-7-13-19(20)24-22(26)17-11-5-6-12-18(17)23(24)27/h2-10,13-15,17-18H,11-12H2,1H3/t15-,17-,18+/m0/s1. The molecule has 0 saturated carbocycles. The van der Waals surface area contributed by atoms with Crippen molar-refractivity contribution in [2.45, 2.75) is 25.9 Å². The van der Waals surface area contributed by atoms with E-state index >= 15 is 0 Å². The zero-order valence-corrected chi connectivity index (χ0v) is 15.6. The molecule has 4 rings (SSSR count). The molecule has 1 aliphatic heterocycles. The maximum absolute atomic E-state index is 12.9. The first-order valence-corrected chi connectivity index (χ1v) is 9.45. The van der Waals surface area contributed by atoms with Gasteiger partial charge in [-0.3, -0.25) is 14.4 Å². The summed E-state index contributed by atoms with van der Waals surface area (Å²) in [5, 5.41) is 0. The highest BCUT2D eigenvalue weighted by Gasteiger charge is 2.48. The molecule has 2 amide bonds. The van der Waals surface area contributed by atoms with E-state index in [0.717, 1.165) is 0 Å². The van der Waals surface area contributed by atoms with Gasteiger partial charge in [0.15, 0.2) is 6.10 Å². The van der Waals surface area contributed by atoms with Crippen molar-refractivity contribution in [1.82, 2.24) is 0 Å². The summed E-state index contributed by atoms with van der Waals surface area (Å²) >= 11 is 0. The van der Waals surface area contributed by atoms with Crippen LogP contribution in [0.4, 0.5) is 5.69 Å². The van der Waals surface area contributed by atoms with Crippen molar-refractivity contribution in [3.8, 4) is 5.75 Å². The number of ether oxygens (including phenoxy) is 1. The Labute approximate surface area is 163 Å². The number of carbonyl (C=O) groups excluding carboxylic acids is 3. The quantitative estimate of drug-likeness (QED) is 0.453. The van der Waals surface area contributed by atoms with Gasteiger partial charge < -0.3 is 4.74 Å². The number of ketones is 1. The number of fused-ring (bicyclic) bond motifs is 1. The summed E-state index contributed by atoms with van der Waals surface area (Å²) in [6.07, 6.45) is 4.33. The second kappa shape index (κ2) is 7.43. The first-order valence-electron chi connectivity index (χ1n) is 9.45. The first-order chi connectivity index (χ1) is 13.6. The highest BCUT2D eigenvalue weighted by atomic mass is 16.5. The molecule has 2 aromatic carbocycles. The fraction of sp³-hybridized carbons (Fsp3) is 0.261. The highest BCUT2D eigenvalue weighted by Crippen LogP contribution is 2.40. The predicted molar refractivity (Wildman–Crippen MR) is 105 cm³/mol. The van der Waals surface area contributed by atoms with Gasteiger partial charge in [0, 0.05) is 5.56 Å². The maximum Gasteiger partial charge on any atom is 0.238 e. The van der Waals surface area contributed by atoms with Crippen molar-refractivity contribution in [1.29, 1.82) is 0 Å². The minimum absolute atomic E-state index is 0.160. The number of allylic oxidation sites excluding steroid dienone is 2. The van der Waals surface area contributed by atoms with E-state index in [2.05, 4.69) is 0 Å². The number of rotatable bonds is 5. The topological polar surface area (TPSA) is 63.7 Å². The molecule has 0 aromatic heterocycles. The third kappa shape index (κ3) is 3.13. The lowest BCUT2D eigenvalue weighted by molar-refractivity contribution is -0.122. The summed E-state index contributed by atoms with van der Waals surface area (Å²) in [6.45, 7) is 1.67. The fourth-order valence-corrected chi connectivity index (χ4v) is 3.86. The van der Waals surface area contributed by atoms with E-state index in [0.29, 0.717) is 29.8 Å². The molecule has 0 N–H and O–H groups in total. The third-order valence-electron chi connectivity index (χ3n) is 5.35. The number of amides is 2. The molecule has 5 heteroatoms. The summed E-state index contributed by atoms with van der Waals surface area (Å²) in [5.41, 5.74) is 0.956. The van der Waals surface area contributed by atoms with Crippen molar-refractivity contribution in [2.75, 3.05) is 4.90 Å². The molecule has 5 nitrogen and oxygen atoms in total.